The van der Waals surface area contributed by atoms with Crippen LogP contribution in [0.15, 0.2) is 57.9 Å². The van der Waals surface area contributed by atoms with Crippen molar-refractivity contribution in [3.05, 3.63) is 58.6 Å². The van der Waals surface area contributed by atoms with Gasteiger partial charge in [-0.05, 0) is 49.7 Å². The first-order chi connectivity index (χ1) is 11.3. The van der Waals surface area contributed by atoms with Crippen LogP contribution in [0.25, 0.3) is 0 Å². The number of rotatable bonds is 7. The number of benzene rings is 2. The van der Waals surface area contributed by atoms with Gasteiger partial charge in [-0.15, -0.1) is 0 Å². The number of hydrogen-bond acceptors (Lipinski definition) is 3. The Hall–Kier alpha value is -1.86. The third-order valence-corrected chi connectivity index (χ3v) is 5.85. The van der Waals surface area contributed by atoms with Crippen LogP contribution in [0.1, 0.15) is 18.4 Å². The Balaban J connectivity index is 2.38. The van der Waals surface area contributed by atoms with Gasteiger partial charge in [0.25, 0.3) is 10.0 Å². The van der Waals surface area contributed by atoms with E-state index in [1.807, 2.05) is 6.92 Å². The lowest BCUT2D eigenvalue weighted by atomic mass is 10.2. The molecule has 128 valence electrons. The Kier molecular flexibility index (Phi) is 6.01. The summed E-state index contributed by atoms with van der Waals surface area (Å²) < 4.78 is 28.0. The average Bonchev–Trinajstić information content (AvgIpc) is 2.53. The fraction of sp³-hybridized carbons (Fsp3) is 0.235. The van der Waals surface area contributed by atoms with Gasteiger partial charge in [-0.1, -0.05) is 33.6 Å². The molecule has 0 amide bonds. The predicted octanol–water partition coefficient (Wildman–Crippen LogP) is 3.82. The second-order valence-corrected chi connectivity index (χ2v) is 8.14. The van der Waals surface area contributed by atoms with Crippen LogP contribution in [0.4, 0.5) is 5.69 Å². The van der Waals surface area contributed by atoms with E-state index >= 15 is 0 Å². The number of aliphatic carboxylic acids is 1. The maximum Gasteiger partial charge on any atom is 0.303 e. The number of carboxylic acids is 1. The second kappa shape index (κ2) is 7.81. The fourth-order valence-corrected chi connectivity index (χ4v) is 3.97. The molecule has 0 radical (unpaired) electrons. The Morgan fingerprint density at radius 2 is 1.67 bits per heavy atom. The summed E-state index contributed by atoms with van der Waals surface area (Å²) in [5.74, 6) is -0.946. The molecular formula is C17H18BrNO4S. The lowest BCUT2D eigenvalue weighted by Gasteiger charge is -2.24. The lowest BCUT2D eigenvalue weighted by Crippen LogP contribution is -2.32. The van der Waals surface area contributed by atoms with Gasteiger partial charge in [0, 0.05) is 17.4 Å². The van der Waals surface area contributed by atoms with Crippen LogP contribution in [-0.2, 0) is 14.8 Å². The highest BCUT2D eigenvalue weighted by molar-refractivity contribution is 9.10. The van der Waals surface area contributed by atoms with Crippen LogP contribution in [0.3, 0.4) is 0 Å². The summed E-state index contributed by atoms with van der Waals surface area (Å²) in [7, 11) is -3.76. The molecule has 0 saturated heterocycles. The van der Waals surface area contributed by atoms with E-state index in [0.717, 1.165) is 10.0 Å². The van der Waals surface area contributed by atoms with Crippen molar-refractivity contribution < 1.29 is 18.3 Å². The van der Waals surface area contributed by atoms with Gasteiger partial charge in [0.05, 0.1) is 10.6 Å². The highest BCUT2D eigenvalue weighted by atomic mass is 79.9. The molecule has 0 saturated carbocycles. The van der Waals surface area contributed by atoms with E-state index in [2.05, 4.69) is 15.9 Å². The Labute approximate surface area is 150 Å². The van der Waals surface area contributed by atoms with Crippen molar-refractivity contribution in [1.29, 1.82) is 0 Å². The summed E-state index contributed by atoms with van der Waals surface area (Å²) >= 11 is 3.32. The van der Waals surface area contributed by atoms with E-state index in [1.165, 1.54) is 4.31 Å². The van der Waals surface area contributed by atoms with Gasteiger partial charge in [-0.25, -0.2) is 8.42 Å². The maximum absolute atomic E-state index is 13.0. The first-order valence-electron chi connectivity index (χ1n) is 7.37. The van der Waals surface area contributed by atoms with E-state index in [1.54, 1.807) is 48.5 Å². The van der Waals surface area contributed by atoms with Gasteiger partial charge in [-0.2, -0.15) is 0 Å². The van der Waals surface area contributed by atoms with Gasteiger partial charge in [0.2, 0.25) is 0 Å². The molecule has 0 aliphatic carbocycles. The summed E-state index contributed by atoms with van der Waals surface area (Å²) in [6, 6.07) is 13.5. The van der Waals surface area contributed by atoms with Crippen molar-refractivity contribution in [2.24, 2.45) is 0 Å². The standard InChI is InChI=1S/C17H18BrNO4S/c1-13-4-10-16(11-5-13)24(22,23)19(12-2-3-17(20)21)15-8-6-14(18)7-9-15/h4-11H,2-3,12H2,1H3,(H,20,21). The minimum atomic E-state index is -3.76. The fourth-order valence-electron chi connectivity index (χ4n) is 2.21. The Morgan fingerprint density at radius 3 is 2.21 bits per heavy atom. The first-order valence-corrected chi connectivity index (χ1v) is 9.61. The molecule has 0 fully saturated rings. The number of anilines is 1. The topological polar surface area (TPSA) is 74.7 Å². The number of carbonyl (C=O) groups is 1. The molecule has 0 heterocycles. The highest BCUT2D eigenvalue weighted by Gasteiger charge is 2.24. The summed E-state index contributed by atoms with van der Waals surface area (Å²) in [5.41, 5.74) is 1.47. The zero-order valence-corrected chi connectivity index (χ0v) is 15.5. The Morgan fingerprint density at radius 1 is 1.08 bits per heavy atom. The van der Waals surface area contributed by atoms with Crippen molar-refractivity contribution in [1.82, 2.24) is 0 Å². The number of carboxylic acid groups (broad SMARTS) is 1. The summed E-state index contributed by atoms with van der Waals surface area (Å²) in [4.78, 5) is 10.9. The molecular weight excluding hydrogens is 394 g/mol. The predicted molar refractivity (Wildman–Crippen MR) is 96.7 cm³/mol. The molecule has 0 bridgehead atoms. The zero-order chi connectivity index (χ0) is 17.7. The molecule has 7 heteroatoms. The molecule has 0 unspecified atom stereocenters. The van der Waals surface area contributed by atoms with Gasteiger partial charge in [0.15, 0.2) is 0 Å². The maximum atomic E-state index is 13.0. The van der Waals surface area contributed by atoms with Crippen molar-refractivity contribution in [3.8, 4) is 0 Å². The molecule has 2 aromatic carbocycles. The van der Waals surface area contributed by atoms with Gasteiger partial charge in [0.1, 0.15) is 0 Å². The van der Waals surface area contributed by atoms with E-state index in [9.17, 15) is 13.2 Å². The summed E-state index contributed by atoms with van der Waals surface area (Å²) in [5, 5.41) is 8.81. The quantitative estimate of drug-likeness (QED) is 0.751. The molecule has 2 aromatic rings. The SMILES string of the molecule is Cc1ccc(S(=O)(=O)N(CCCC(=O)O)c2ccc(Br)cc2)cc1. The van der Waals surface area contributed by atoms with E-state index in [4.69, 9.17) is 5.11 Å². The van der Waals surface area contributed by atoms with Crippen molar-refractivity contribution in [2.45, 2.75) is 24.7 Å². The number of aryl methyl sites for hydroxylation is 1. The monoisotopic (exact) mass is 411 g/mol. The van der Waals surface area contributed by atoms with Crippen LogP contribution < -0.4 is 4.31 Å². The molecule has 1 N–H and O–H groups in total. The van der Waals surface area contributed by atoms with Crippen molar-refractivity contribution in [3.63, 3.8) is 0 Å². The molecule has 0 aliphatic rings. The summed E-state index contributed by atoms with van der Waals surface area (Å²) in [6.07, 6.45) is 0.146. The molecule has 0 spiro atoms. The summed E-state index contributed by atoms with van der Waals surface area (Å²) in [6.45, 7) is 1.99. The van der Waals surface area contributed by atoms with Crippen molar-refractivity contribution >= 4 is 37.6 Å². The zero-order valence-electron chi connectivity index (χ0n) is 13.1. The van der Waals surface area contributed by atoms with E-state index in [0.29, 0.717) is 5.69 Å². The lowest BCUT2D eigenvalue weighted by molar-refractivity contribution is -0.137. The Bertz CT molecular complexity index is 801. The second-order valence-electron chi connectivity index (χ2n) is 5.36. The van der Waals surface area contributed by atoms with Gasteiger partial charge >= 0.3 is 5.97 Å². The highest BCUT2D eigenvalue weighted by Crippen LogP contribution is 2.26. The van der Waals surface area contributed by atoms with Crippen LogP contribution in [-0.4, -0.2) is 26.0 Å². The molecule has 2 rings (SSSR count). The third-order valence-electron chi connectivity index (χ3n) is 3.48. The van der Waals surface area contributed by atoms with Crippen LogP contribution >= 0.6 is 15.9 Å². The van der Waals surface area contributed by atoms with Crippen LogP contribution in [0, 0.1) is 6.92 Å². The normalized spacial score (nSPS) is 11.2. The molecule has 0 aliphatic heterocycles. The first kappa shape index (κ1) is 18.5. The van der Waals surface area contributed by atoms with Crippen LogP contribution in [0.5, 0.6) is 0 Å². The van der Waals surface area contributed by atoms with Crippen LogP contribution in [0.2, 0.25) is 0 Å². The minimum absolute atomic E-state index is 0.0869. The van der Waals surface area contributed by atoms with E-state index in [-0.39, 0.29) is 24.3 Å². The van der Waals surface area contributed by atoms with Crippen molar-refractivity contribution in [2.75, 3.05) is 10.8 Å². The molecule has 24 heavy (non-hydrogen) atoms. The largest absolute Gasteiger partial charge is 0.481 e. The smallest absolute Gasteiger partial charge is 0.303 e. The van der Waals surface area contributed by atoms with E-state index < -0.39 is 16.0 Å². The van der Waals surface area contributed by atoms with Gasteiger partial charge in [-0.3, -0.25) is 9.10 Å². The molecule has 5 nitrogen and oxygen atoms in total. The minimum Gasteiger partial charge on any atom is -0.481 e. The molecule has 0 aromatic heterocycles. The number of nitrogens with zero attached hydrogens (tertiary/aromatic N) is 1. The number of halogens is 1. The number of sulfonamides is 1. The van der Waals surface area contributed by atoms with Gasteiger partial charge < -0.3 is 5.11 Å². The molecule has 0 atom stereocenters. The average molecular weight is 412 g/mol. The number of hydrogen-bond donors (Lipinski definition) is 1. The third kappa shape index (κ3) is 4.58.